The van der Waals surface area contributed by atoms with Crippen molar-refractivity contribution in [3.05, 3.63) is 35.7 Å². The molecule has 1 fully saturated rings. The number of hydrogen-bond acceptors (Lipinski definition) is 4. The zero-order valence-corrected chi connectivity index (χ0v) is 14.5. The summed E-state index contributed by atoms with van der Waals surface area (Å²) in [6, 6.07) is 4.92. The van der Waals surface area contributed by atoms with Gasteiger partial charge in [-0.05, 0) is 31.9 Å². The summed E-state index contributed by atoms with van der Waals surface area (Å²) in [4.78, 5) is 12.3. The lowest BCUT2D eigenvalue weighted by atomic mass is 10.1. The van der Waals surface area contributed by atoms with Crippen molar-refractivity contribution in [2.45, 2.75) is 42.3 Å². The van der Waals surface area contributed by atoms with E-state index in [4.69, 9.17) is 0 Å². The fraction of sp³-hybridized carbons (Fsp3) is 0.438. The van der Waals surface area contributed by atoms with Crippen LogP contribution in [0.3, 0.4) is 0 Å². The van der Waals surface area contributed by atoms with Crippen LogP contribution >= 0.6 is 11.8 Å². The summed E-state index contributed by atoms with van der Waals surface area (Å²) in [5, 5.41) is 10.5. The van der Waals surface area contributed by atoms with E-state index in [2.05, 4.69) is 15.5 Å². The second-order valence-electron chi connectivity index (χ2n) is 5.97. The molecule has 1 aliphatic rings. The van der Waals surface area contributed by atoms with Gasteiger partial charge >= 0.3 is 6.18 Å². The Balaban J connectivity index is 1.69. The number of para-hydroxylation sites is 1. The number of alkyl halides is 3. The van der Waals surface area contributed by atoms with Crippen LogP contribution in [0.4, 0.5) is 18.9 Å². The van der Waals surface area contributed by atoms with E-state index in [0.29, 0.717) is 11.1 Å². The highest BCUT2D eigenvalue weighted by Crippen LogP contribution is 2.40. The lowest BCUT2D eigenvalue weighted by Gasteiger charge is -2.16. The van der Waals surface area contributed by atoms with Gasteiger partial charge in [-0.3, -0.25) is 4.79 Å². The molecule has 5 nitrogen and oxygen atoms in total. The Bertz CT molecular complexity index is 786. The predicted octanol–water partition coefficient (Wildman–Crippen LogP) is 3.83. The van der Waals surface area contributed by atoms with Gasteiger partial charge < -0.3 is 9.88 Å². The van der Waals surface area contributed by atoms with E-state index >= 15 is 0 Å². The zero-order valence-electron chi connectivity index (χ0n) is 13.7. The van der Waals surface area contributed by atoms with Crippen LogP contribution in [-0.4, -0.2) is 25.9 Å². The van der Waals surface area contributed by atoms with Crippen LogP contribution in [0.1, 0.15) is 37.1 Å². The third kappa shape index (κ3) is 3.97. The standard InChI is InChI=1S/C16H17F3N4OS/c1-9(25-15-22-21-13(23(15)2)10-7-8-10)14(24)20-12-6-4-3-5-11(12)16(17,18)19/h3-6,9-10H,7-8H2,1-2H3,(H,20,24)/t9-/m0/s1. The minimum atomic E-state index is -4.52. The predicted molar refractivity (Wildman–Crippen MR) is 88.4 cm³/mol. The Hall–Kier alpha value is -2.03. The average molecular weight is 370 g/mol. The fourth-order valence-electron chi connectivity index (χ4n) is 2.41. The molecule has 9 heteroatoms. The molecule has 0 unspecified atom stereocenters. The number of nitrogens with one attached hydrogen (secondary N) is 1. The maximum Gasteiger partial charge on any atom is 0.418 e. The van der Waals surface area contributed by atoms with Crippen LogP contribution < -0.4 is 5.32 Å². The number of rotatable bonds is 5. The first kappa shape index (κ1) is 17.8. The Kier molecular flexibility index (Phi) is 4.77. The molecule has 1 saturated carbocycles. The number of benzene rings is 1. The molecule has 1 atom stereocenters. The molecule has 1 N–H and O–H groups in total. The monoisotopic (exact) mass is 370 g/mol. The maximum atomic E-state index is 13.0. The van der Waals surface area contributed by atoms with Crippen molar-refractivity contribution in [1.82, 2.24) is 14.8 Å². The number of halogens is 3. The van der Waals surface area contributed by atoms with E-state index in [1.54, 1.807) is 6.92 Å². The Morgan fingerprint density at radius 1 is 1.32 bits per heavy atom. The Morgan fingerprint density at radius 2 is 2.00 bits per heavy atom. The SMILES string of the molecule is C[C@H](Sc1nnc(C2CC2)n1C)C(=O)Nc1ccccc1C(F)(F)F. The molecule has 1 heterocycles. The van der Waals surface area contributed by atoms with E-state index in [1.165, 1.54) is 30.0 Å². The van der Waals surface area contributed by atoms with E-state index < -0.39 is 22.9 Å². The number of aromatic nitrogens is 3. The van der Waals surface area contributed by atoms with Gasteiger partial charge in [0.25, 0.3) is 0 Å². The van der Waals surface area contributed by atoms with Gasteiger partial charge in [-0.1, -0.05) is 23.9 Å². The fourth-order valence-corrected chi connectivity index (χ4v) is 3.23. The van der Waals surface area contributed by atoms with Crippen molar-refractivity contribution in [1.29, 1.82) is 0 Å². The molecule has 0 radical (unpaired) electrons. The molecule has 1 aromatic heterocycles. The molecule has 1 aliphatic carbocycles. The lowest BCUT2D eigenvalue weighted by molar-refractivity contribution is -0.137. The molecule has 0 saturated heterocycles. The van der Waals surface area contributed by atoms with Gasteiger partial charge in [-0.15, -0.1) is 10.2 Å². The van der Waals surface area contributed by atoms with E-state index in [0.717, 1.165) is 24.7 Å². The highest BCUT2D eigenvalue weighted by atomic mass is 32.2. The third-order valence-electron chi connectivity index (χ3n) is 3.95. The molecule has 3 rings (SSSR count). The molecular weight excluding hydrogens is 353 g/mol. The maximum absolute atomic E-state index is 13.0. The highest BCUT2D eigenvalue weighted by Gasteiger charge is 2.34. The summed E-state index contributed by atoms with van der Waals surface area (Å²) < 4.78 is 40.9. The first-order valence-corrected chi connectivity index (χ1v) is 8.68. The van der Waals surface area contributed by atoms with Gasteiger partial charge in [0.1, 0.15) is 5.82 Å². The number of carbonyl (C=O) groups is 1. The number of thioether (sulfide) groups is 1. The van der Waals surface area contributed by atoms with Crippen molar-refractivity contribution < 1.29 is 18.0 Å². The summed E-state index contributed by atoms with van der Waals surface area (Å²) in [6.45, 7) is 1.63. The number of carbonyl (C=O) groups excluding carboxylic acids is 1. The summed E-state index contributed by atoms with van der Waals surface area (Å²) in [5.74, 6) is 0.796. The van der Waals surface area contributed by atoms with Crippen LogP contribution in [0.5, 0.6) is 0 Å². The molecule has 0 spiro atoms. The topological polar surface area (TPSA) is 59.8 Å². The molecule has 0 bridgehead atoms. The van der Waals surface area contributed by atoms with Gasteiger partial charge in [-0.2, -0.15) is 13.2 Å². The van der Waals surface area contributed by atoms with Gasteiger partial charge in [0, 0.05) is 13.0 Å². The van der Waals surface area contributed by atoms with Crippen molar-refractivity contribution in [3.63, 3.8) is 0 Å². The average Bonchev–Trinajstić information content (AvgIpc) is 3.32. The quantitative estimate of drug-likeness (QED) is 0.813. The molecule has 2 aromatic rings. The summed E-state index contributed by atoms with van der Waals surface area (Å²) >= 11 is 1.17. The molecule has 1 aromatic carbocycles. The minimum absolute atomic E-state index is 0.246. The second-order valence-corrected chi connectivity index (χ2v) is 7.27. The number of anilines is 1. The molecule has 134 valence electrons. The summed E-state index contributed by atoms with van der Waals surface area (Å²) in [6.07, 6.45) is -2.36. The van der Waals surface area contributed by atoms with E-state index in [1.807, 2.05) is 11.6 Å². The highest BCUT2D eigenvalue weighted by molar-refractivity contribution is 8.00. The van der Waals surface area contributed by atoms with Crippen LogP contribution in [-0.2, 0) is 18.0 Å². The normalized spacial score (nSPS) is 15.9. The van der Waals surface area contributed by atoms with E-state index in [-0.39, 0.29) is 5.69 Å². The summed E-state index contributed by atoms with van der Waals surface area (Å²) in [5.41, 5.74) is -1.11. The van der Waals surface area contributed by atoms with Crippen molar-refractivity contribution in [2.75, 3.05) is 5.32 Å². The summed E-state index contributed by atoms with van der Waals surface area (Å²) in [7, 11) is 1.83. The van der Waals surface area contributed by atoms with Crippen molar-refractivity contribution in [3.8, 4) is 0 Å². The van der Waals surface area contributed by atoms with Gasteiger partial charge in [0.2, 0.25) is 5.91 Å². The van der Waals surface area contributed by atoms with Gasteiger partial charge in [0.05, 0.1) is 16.5 Å². The van der Waals surface area contributed by atoms with Gasteiger partial charge in [0.15, 0.2) is 5.16 Å². The minimum Gasteiger partial charge on any atom is -0.325 e. The number of nitrogens with zero attached hydrogens (tertiary/aromatic N) is 3. The Labute approximate surface area is 147 Å². The zero-order chi connectivity index (χ0) is 18.2. The second kappa shape index (κ2) is 6.70. The van der Waals surface area contributed by atoms with Gasteiger partial charge in [-0.25, -0.2) is 0 Å². The molecule has 0 aliphatic heterocycles. The van der Waals surface area contributed by atoms with Crippen LogP contribution in [0, 0.1) is 0 Å². The first-order valence-electron chi connectivity index (χ1n) is 7.80. The molecule has 25 heavy (non-hydrogen) atoms. The molecule has 1 amide bonds. The van der Waals surface area contributed by atoms with Crippen molar-refractivity contribution >= 4 is 23.4 Å². The Morgan fingerprint density at radius 3 is 2.64 bits per heavy atom. The van der Waals surface area contributed by atoms with Crippen molar-refractivity contribution in [2.24, 2.45) is 7.05 Å². The smallest absolute Gasteiger partial charge is 0.325 e. The lowest BCUT2D eigenvalue weighted by Crippen LogP contribution is -2.24. The van der Waals surface area contributed by atoms with Crippen LogP contribution in [0.25, 0.3) is 0 Å². The largest absolute Gasteiger partial charge is 0.418 e. The number of hydrogen-bond donors (Lipinski definition) is 1. The molecular formula is C16H17F3N4OS. The van der Waals surface area contributed by atoms with Crippen LogP contribution in [0.15, 0.2) is 29.4 Å². The van der Waals surface area contributed by atoms with E-state index in [9.17, 15) is 18.0 Å². The third-order valence-corrected chi connectivity index (χ3v) is 5.09. The van der Waals surface area contributed by atoms with Crippen LogP contribution in [0.2, 0.25) is 0 Å². The first-order chi connectivity index (χ1) is 11.8. The number of amides is 1.